The zero-order valence-electron chi connectivity index (χ0n) is 15.0. The van der Waals surface area contributed by atoms with E-state index in [1.807, 2.05) is 0 Å². The summed E-state index contributed by atoms with van der Waals surface area (Å²) >= 11 is 0. The number of carbonyl (C=O) groups is 4. The van der Waals surface area contributed by atoms with E-state index in [9.17, 15) is 19.2 Å². The molecule has 0 radical (unpaired) electrons. The molecule has 0 atom stereocenters. The second-order valence-corrected chi connectivity index (χ2v) is 6.57. The average Bonchev–Trinajstić information content (AvgIpc) is 2.49. The van der Waals surface area contributed by atoms with E-state index in [0.717, 1.165) is 0 Å². The van der Waals surface area contributed by atoms with Crippen LogP contribution in [0.2, 0.25) is 0 Å². The quantitative estimate of drug-likeness (QED) is 0.738. The summed E-state index contributed by atoms with van der Waals surface area (Å²) in [7, 11) is 0. The summed E-state index contributed by atoms with van der Waals surface area (Å²) in [6, 6.07) is 6.53. The van der Waals surface area contributed by atoms with Crippen molar-refractivity contribution in [3.8, 4) is 0 Å². The Morgan fingerprint density at radius 3 is 2.28 bits per heavy atom. The molecule has 0 bridgehead atoms. The number of hydrogen-bond donors (Lipinski definition) is 2. The molecule has 25 heavy (non-hydrogen) atoms. The molecule has 7 nitrogen and oxygen atoms in total. The second-order valence-electron chi connectivity index (χ2n) is 6.57. The number of amides is 2. The van der Waals surface area contributed by atoms with Gasteiger partial charge in [0.25, 0.3) is 0 Å². The van der Waals surface area contributed by atoms with Gasteiger partial charge in [0.15, 0.2) is 5.78 Å². The van der Waals surface area contributed by atoms with Crippen LogP contribution in [0, 0.1) is 0 Å². The lowest BCUT2D eigenvalue weighted by atomic mass is 10.0. The molecule has 1 aromatic carbocycles. The molecule has 0 unspecified atom stereocenters. The maximum absolute atomic E-state index is 12.2. The maximum Gasteiger partial charge on any atom is 0.408 e. The first kappa shape index (κ1) is 20.3. The zero-order chi connectivity index (χ0) is 19.0. The molecule has 0 heterocycles. The number of ether oxygens (including phenoxy) is 1. The third-order valence-corrected chi connectivity index (χ3v) is 3.00. The lowest BCUT2D eigenvalue weighted by Crippen LogP contribution is -2.37. The second kappa shape index (κ2) is 8.96. The summed E-state index contributed by atoms with van der Waals surface area (Å²) in [6.07, 6.45) is -0.465. The standard InChI is InChI=1S/C18H24N2O5/c1-12(21)9-10-15(22)13-7-5-6-8-14(13)20-16(23)11-19-17(24)25-18(2,3)4/h5-8H,9-11H2,1-4H3,(H,19,24)(H,20,23). The number of benzene rings is 1. The molecule has 0 aliphatic rings. The van der Waals surface area contributed by atoms with E-state index in [-0.39, 0.29) is 31.0 Å². The van der Waals surface area contributed by atoms with E-state index in [1.54, 1.807) is 45.0 Å². The molecule has 0 aliphatic carbocycles. The smallest absolute Gasteiger partial charge is 0.408 e. The Labute approximate surface area is 147 Å². The molecule has 0 saturated heterocycles. The van der Waals surface area contributed by atoms with Crippen molar-refractivity contribution in [1.82, 2.24) is 5.32 Å². The molecule has 1 aromatic rings. The molecule has 136 valence electrons. The van der Waals surface area contributed by atoms with Crippen molar-refractivity contribution in [2.24, 2.45) is 0 Å². The van der Waals surface area contributed by atoms with Crippen LogP contribution in [0.1, 0.15) is 50.9 Å². The highest BCUT2D eigenvalue weighted by Crippen LogP contribution is 2.17. The average molecular weight is 348 g/mol. The summed E-state index contributed by atoms with van der Waals surface area (Å²) < 4.78 is 5.04. The highest BCUT2D eigenvalue weighted by molar-refractivity contribution is 6.06. The fourth-order valence-electron chi connectivity index (χ4n) is 1.92. The van der Waals surface area contributed by atoms with Gasteiger partial charge in [-0.15, -0.1) is 0 Å². The summed E-state index contributed by atoms with van der Waals surface area (Å²) in [4.78, 5) is 46.7. The highest BCUT2D eigenvalue weighted by atomic mass is 16.6. The van der Waals surface area contributed by atoms with Crippen LogP contribution in [0.4, 0.5) is 10.5 Å². The van der Waals surface area contributed by atoms with Gasteiger partial charge in [-0.05, 0) is 39.8 Å². The lowest BCUT2D eigenvalue weighted by molar-refractivity contribution is -0.117. The maximum atomic E-state index is 12.2. The normalized spacial score (nSPS) is 10.7. The lowest BCUT2D eigenvalue weighted by Gasteiger charge is -2.19. The number of nitrogens with one attached hydrogen (secondary N) is 2. The molecule has 0 fully saturated rings. The monoisotopic (exact) mass is 348 g/mol. The van der Waals surface area contributed by atoms with Crippen LogP contribution in [-0.4, -0.2) is 35.7 Å². The van der Waals surface area contributed by atoms with Crippen molar-refractivity contribution >= 4 is 29.3 Å². The first-order chi connectivity index (χ1) is 11.6. The Morgan fingerprint density at radius 1 is 1.04 bits per heavy atom. The molecule has 0 saturated carbocycles. The third kappa shape index (κ3) is 8.10. The molecular formula is C18H24N2O5. The summed E-state index contributed by atoms with van der Waals surface area (Å²) in [6.45, 7) is 6.29. The van der Waals surface area contributed by atoms with Gasteiger partial charge in [-0.25, -0.2) is 4.79 Å². The molecule has 1 rings (SSSR count). The minimum Gasteiger partial charge on any atom is -0.444 e. The highest BCUT2D eigenvalue weighted by Gasteiger charge is 2.17. The van der Waals surface area contributed by atoms with Gasteiger partial charge in [-0.3, -0.25) is 9.59 Å². The van der Waals surface area contributed by atoms with Gasteiger partial charge in [0.1, 0.15) is 17.9 Å². The number of para-hydroxylation sites is 1. The number of alkyl carbamates (subject to hydrolysis) is 1. The van der Waals surface area contributed by atoms with Gasteiger partial charge in [0, 0.05) is 18.4 Å². The molecule has 2 amide bonds. The van der Waals surface area contributed by atoms with Crippen molar-refractivity contribution in [2.45, 2.75) is 46.1 Å². The van der Waals surface area contributed by atoms with Crippen molar-refractivity contribution < 1.29 is 23.9 Å². The Kier molecular flexibility index (Phi) is 7.29. The third-order valence-electron chi connectivity index (χ3n) is 3.00. The predicted molar refractivity (Wildman–Crippen MR) is 93.6 cm³/mol. The predicted octanol–water partition coefficient (Wildman–Crippen LogP) is 2.70. The number of hydrogen-bond acceptors (Lipinski definition) is 5. The fraction of sp³-hybridized carbons (Fsp3) is 0.444. The van der Waals surface area contributed by atoms with Crippen molar-refractivity contribution in [3.63, 3.8) is 0 Å². The first-order valence-corrected chi connectivity index (χ1v) is 7.97. The summed E-state index contributed by atoms with van der Waals surface area (Å²) in [5.74, 6) is -0.791. The van der Waals surface area contributed by atoms with Crippen LogP contribution in [0.25, 0.3) is 0 Å². The van der Waals surface area contributed by atoms with Gasteiger partial charge in [0.05, 0.1) is 5.69 Å². The van der Waals surface area contributed by atoms with E-state index < -0.39 is 17.6 Å². The first-order valence-electron chi connectivity index (χ1n) is 7.97. The zero-order valence-corrected chi connectivity index (χ0v) is 15.0. The molecular weight excluding hydrogens is 324 g/mol. The van der Waals surface area contributed by atoms with E-state index in [4.69, 9.17) is 4.74 Å². The van der Waals surface area contributed by atoms with Gasteiger partial charge in [0.2, 0.25) is 5.91 Å². The Bertz CT molecular complexity index is 662. The molecule has 0 spiro atoms. The number of Topliss-reactive ketones (excluding diaryl/α,β-unsaturated/α-hetero) is 2. The number of ketones is 2. The minimum absolute atomic E-state index is 0.0728. The van der Waals surface area contributed by atoms with Crippen LogP contribution in [0.5, 0.6) is 0 Å². The molecule has 7 heteroatoms. The van der Waals surface area contributed by atoms with Crippen LogP contribution in [-0.2, 0) is 14.3 Å². The molecule has 2 N–H and O–H groups in total. The fourth-order valence-corrected chi connectivity index (χ4v) is 1.92. The molecule has 0 aliphatic heterocycles. The van der Waals surface area contributed by atoms with Crippen molar-refractivity contribution in [1.29, 1.82) is 0 Å². The van der Waals surface area contributed by atoms with Gasteiger partial charge < -0.3 is 20.2 Å². The number of rotatable bonds is 7. The van der Waals surface area contributed by atoms with Crippen LogP contribution < -0.4 is 10.6 Å². The topological polar surface area (TPSA) is 102 Å². The Balaban J connectivity index is 2.64. The van der Waals surface area contributed by atoms with Crippen molar-refractivity contribution in [2.75, 3.05) is 11.9 Å². The van der Waals surface area contributed by atoms with Gasteiger partial charge in [-0.2, -0.15) is 0 Å². The van der Waals surface area contributed by atoms with E-state index >= 15 is 0 Å². The van der Waals surface area contributed by atoms with E-state index in [1.165, 1.54) is 6.92 Å². The SMILES string of the molecule is CC(=O)CCC(=O)c1ccccc1NC(=O)CNC(=O)OC(C)(C)C. The van der Waals surface area contributed by atoms with Crippen LogP contribution >= 0.6 is 0 Å². The number of carbonyl (C=O) groups excluding carboxylic acids is 4. The Morgan fingerprint density at radius 2 is 1.68 bits per heavy atom. The van der Waals surface area contributed by atoms with E-state index in [0.29, 0.717) is 11.3 Å². The van der Waals surface area contributed by atoms with Gasteiger partial charge in [-0.1, -0.05) is 12.1 Å². The molecule has 0 aromatic heterocycles. The minimum atomic E-state index is -0.700. The van der Waals surface area contributed by atoms with Gasteiger partial charge >= 0.3 is 6.09 Å². The summed E-state index contributed by atoms with van der Waals surface area (Å²) in [5.41, 5.74) is 0.0115. The van der Waals surface area contributed by atoms with Crippen LogP contribution in [0.15, 0.2) is 24.3 Å². The Hall–Kier alpha value is -2.70. The number of anilines is 1. The van der Waals surface area contributed by atoms with Crippen LogP contribution in [0.3, 0.4) is 0 Å². The summed E-state index contributed by atoms with van der Waals surface area (Å²) in [5, 5.41) is 4.93. The van der Waals surface area contributed by atoms with Crippen molar-refractivity contribution in [3.05, 3.63) is 29.8 Å². The van der Waals surface area contributed by atoms with E-state index in [2.05, 4.69) is 10.6 Å². The largest absolute Gasteiger partial charge is 0.444 e.